The Hall–Kier alpha value is -4.08. The van der Waals surface area contributed by atoms with E-state index in [-0.39, 0.29) is 37.0 Å². The number of aromatic nitrogens is 2. The highest BCUT2D eigenvalue weighted by Gasteiger charge is 2.62. The SMILES string of the molecule is COc1ccc2c(OC3CC4C(=O)NC5(C(=O)NS(=O)(=O)N(C)C)CC5C=CCCCCN(C)C(=O)C4C3)cc(-c3nc(C(C)C)cs3)nc2c1. The molecule has 1 aromatic carbocycles. The lowest BCUT2D eigenvalue weighted by molar-refractivity contribution is -0.140. The monoisotopic (exact) mass is 738 g/mol. The van der Waals surface area contributed by atoms with Crippen LogP contribution in [0.15, 0.2) is 41.8 Å². The fourth-order valence-electron chi connectivity index (χ4n) is 6.87. The highest BCUT2D eigenvalue weighted by molar-refractivity contribution is 7.87. The molecule has 5 atom stereocenters. The van der Waals surface area contributed by atoms with Gasteiger partial charge in [0.15, 0.2) is 0 Å². The second kappa shape index (κ2) is 14.5. The maximum Gasteiger partial charge on any atom is 0.303 e. The van der Waals surface area contributed by atoms with E-state index >= 15 is 0 Å². The van der Waals surface area contributed by atoms with Gasteiger partial charge < -0.3 is 19.7 Å². The molecule has 0 bridgehead atoms. The van der Waals surface area contributed by atoms with Gasteiger partial charge in [-0.3, -0.25) is 14.4 Å². The smallest absolute Gasteiger partial charge is 0.303 e. The highest BCUT2D eigenvalue weighted by atomic mass is 32.2. The van der Waals surface area contributed by atoms with Crippen molar-refractivity contribution in [1.29, 1.82) is 0 Å². The highest BCUT2D eigenvalue weighted by Crippen LogP contribution is 2.47. The van der Waals surface area contributed by atoms with E-state index in [1.165, 1.54) is 25.4 Å². The summed E-state index contributed by atoms with van der Waals surface area (Å²) in [5, 5.41) is 6.43. The Bertz CT molecular complexity index is 1960. The third kappa shape index (κ3) is 7.61. The Morgan fingerprint density at radius 2 is 1.90 bits per heavy atom. The number of hydrogen-bond acceptors (Lipinski definition) is 10. The van der Waals surface area contributed by atoms with Gasteiger partial charge >= 0.3 is 10.2 Å². The number of methoxy groups -OCH3 is 1. The van der Waals surface area contributed by atoms with E-state index < -0.39 is 45.5 Å². The fraction of sp³-hybridized carbons (Fsp3) is 0.528. The molecule has 0 spiro atoms. The van der Waals surface area contributed by atoms with Crippen LogP contribution in [0.25, 0.3) is 21.6 Å². The first kappa shape index (κ1) is 36.7. The number of benzene rings is 1. The molecule has 2 N–H and O–H groups in total. The Balaban J connectivity index is 1.33. The Morgan fingerprint density at radius 1 is 1.14 bits per heavy atom. The second-order valence-electron chi connectivity index (χ2n) is 14.2. The van der Waals surface area contributed by atoms with Crippen LogP contribution in [0.1, 0.15) is 64.0 Å². The largest absolute Gasteiger partial charge is 0.497 e. The normalized spacial score (nSPS) is 25.7. The van der Waals surface area contributed by atoms with Gasteiger partial charge in [-0.1, -0.05) is 26.0 Å². The van der Waals surface area contributed by atoms with Crippen molar-refractivity contribution in [3.8, 4) is 22.2 Å². The van der Waals surface area contributed by atoms with Gasteiger partial charge in [-0.05, 0) is 56.6 Å². The minimum absolute atomic E-state index is 0.163. The molecule has 3 amide bonds. The number of amides is 3. The second-order valence-corrected chi connectivity index (χ2v) is 17.0. The van der Waals surface area contributed by atoms with Crippen molar-refractivity contribution >= 4 is 50.2 Å². The van der Waals surface area contributed by atoms with Crippen LogP contribution in [0.2, 0.25) is 0 Å². The van der Waals surface area contributed by atoms with Crippen molar-refractivity contribution in [3.63, 3.8) is 0 Å². The molecule has 15 heteroatoms. The molecule has 5 unspecified atom stereocenters. The molecule has 3 heterocycles. The molecular formula is C36H46N6O7S2. The molecule has 0 radical (unpaired) electrons. The van der Waals surface area contributed by atoms with Gasteiger partial charge in [0, 0.05) is 56.5 Å². The summed E-state index contributed by atoms with van der Waals surface area (Å²) in [5.74, 6) is -1.90. The zero-order valence-electron chi connectivity index (χ0n) is 29.8. The number of nitrogens with one attached hydrogen (secondary N) is 2. The first-order valence-electron chi connectivity index (χ1n) is 17.3. The summed E-state index contributed by atoms with van der Waals surface area (Å²) in [6.45, 7) is 4.72. The summed E-state index contributed by atoms with van der Waals surface area (Å²) in [6.07, 6.45) is 6.41. The molecule has 13 nitrogen and oxygen atoms in total. The average molecular weight is 739 g/mol. The van der Waals surface area contributed by atoms with E-state index in [4.69, 9.17) is 19.4 Å². The van der Waals surface area contributed by atoms with Gasteiger partial charge in [-0.15, -0.1) is 11.3 Å². The number of fused-ring (bicyclic) bond motifs is 3. The topological polar surface area (TPSA) is 160 Å². The number of carbonyl (C=O) groups is 3. The van der Waals surface area contributed by atoms with Crippen LogP contribution < -0.4 is 19.5 Å². The number of carbonyl (C=O) groups excluding carboxylic acids is 3. The van der Waals surface area contributed by atoms with Crippen LogP contribution in [0, 0.1) is 17.8 Å². The number of allylic oxidation sites excluding steroid dienone is 1. The lowest BCUT2D eigenvalue weighted by Crippen LogP contribution is -2.55. The van der Waals surface area contributed by atoms with E-state index in [2.05, 4.69) is 23.9 Å². The maximum atomic E-state index is 14.2. The number of hydrogen-bond donors (Lipinski definition) is 2. The number of nitrogens with zero attached hydrogens (tertiary/aromatic N) is 4. The lowest BCUT2D eigenvalue weighted by Gasteiger charge is -2.27. The number of pyridine rings is 1. The molecule has 51 heavy (non-hydrogen) atoms. The standard InChI is InChI=1S/C36H46N6O7S2/c1-21(2)30-20-50-33(38-30)29-18-31(25-13-12-23(48-6)17-28(25)37-29)49-24-15-26-27(16-24)34(44)42(5)14-10-8-7-9-11-22-19-36(22,39-32(26)43)35(45)40-51(46,47)41(3)4/h9,11-13,17-18,20-22,24,26-27H,7-8,10,14-16,19H2,1-6H3,(H,39,43)(H,40,45). The molecule has 3 aromatic rings. The van der Waals surface area contributed by atoms with Crippen LogP contribution in [0.3, 0.4) is 0 Å². The molecule has 274 valence electrons. The van der Waals surface area contributed by atoms with Gasteiger partial charge in [0.25, 0.3) is 5.91 Å². The Morgan fingerprint density at radius 3 is 2.61 bits per heavy atom. The van der Waals surface area contributed by atoms with E-state index in [9.17, 15) is 22.8 Å². The number of thiazole rings is 1. The zero-order valence-corrected chi connectivity index (χ0v) is 31.5. The van der Waals surface area contributed by atoms with Crippen molar-refractivity contribution in [2.24, 2.45) is 17.8 Å². The Labute approximate surface area is 303 Å². The average Bonchev–Trinajstić information content (AvgIpc) is 3.38. The maximum absolute atomic E-state index is 14.2. The van der Waals surface area contributed by atoms with Crippen LogP contribution in [0.5, 0.6) is 11.5 Å². The lowest BCUT2D eigenvalue weighted by atomic mass is 9.93. The third-order valence-corrected chi connectivity index (χ3v) is 12.4. The van der Waals surface area contributed by atoms with Crippen LogP contribution >= 0.6 is 11.3 Å². The predicted molar refractivity (Wildman–Crippen MR) is 194 cm³/mol. The number of rotatable bonds is 8. The molecule has 1 aliphatic heterocycles. The van der Waals surface area contributed by atoms with Crippen molar-refractivity contribution in [1.82, 2.24) is 29.2 Å². The Kier molecular flexibility index (Phi) is 10.4. The molecule has 2 saturated carbocycles. The van der Waals surface area contributed by atoms with Gasteiger partial charge in [0.05, 0.1) is 30.2 Å². The third-order valence-electron chi connectivity index (χ3n) is 10.1. The van der Waals surface area contributed by atoms with Crippen molar-refractivity contribution in [2.45, 2.75) is 69.9 Å². The summed E-state index contributed by atoms with van der Waals surface area (Å²) in [5.41, 5.74) is 0.814. The van der Waals surface area contributed by atoms with E-state index in [1.807, 2.05) is 41.8 Å². The van der Waals surface area contributed by atoms with Crippen LogP contribution in [0.4, 0.5) is 0 Å². The first-order chi connectivity index (χ1) is 24.2. The first-order valence-corrected chi connectivity index (χ1v) is 19.6. The minimum atomic E-state index is -4.10. The zero-order chi connectivity index (χ0) is 36.7. The van der Waals surface area contributed by atoms with E-state index in [0.29, 0.717) is 29.3 Å². The minimum Gasteiger partial charge on any atom is -0.497 e. The summed E-state index contributed by atoms with van der Waals surface area (Å²) in [6, 6.07) is 7.40. The molecule has 2 aliphatic carbocycles. The van der Waals surface area contributed by atoms with E-state index in [1.54, 1.807) is 19.1 Å². The molecule has 2 fully saturated rings. The molecule has 3 aliphatic rings. The molecule has 2 aromatic heterocycles. The van der Waals surface area contributed by atoms with Crippen molar-refractivity contribution in [3.05, 3.63) is 47.5 Å². The molecular weight excluding hydrogens is 693 g/mol. The van der Waals surface area contributed by atoms with Gasteiger partial charge in [0.1, 0.15) is 33.8 Å². The number of ether oxygens (including phenoxy) is 2. The van der Waals surface area contributed by atoms with Gasteiger partial charge in [-0.2, -0.15) is 12.7 Å². The van der Waals surface area contributed by atoms with Gasteiger partial charge in [-0.25, -0.2) is 14.7 Å². The fourth-order valence-corrected chi connectivity index (χ4v) is 8.41. The van der Waals surface area contributed by atoms with Crippen molar-refractivity contribution in [2.75, 3.05) is 34.8 Å². The summed E-state index contributed by atoms with van der Waals surface area (Å²) < 4.78 is 40.5. The quantitative estimate of drug-likeness (QED) is 0.322. The molecule has 6 rings (SSSR count). The summed E-state index contributed by atoms with van der Waals surface area (Å²) in [7, 11) is 1.88. The van der Waals surface area contributed by atoms with E-state index in [0.717, 1.165) is 39.7 Å². The predicted octanol–water partition coefficient (Wildman–Crippen LogP) is 4.26. The summed E-state index contributed by atoms with van der Waals surface area (Å²) >= 11 is 1.50. The van der Waals surface area contributed by atoms with Crippen LogP contribution in [-0.2, 0) is 24.6 Å². The van der Waals surface area contributed by atoms with Crippen molar-refractivity contribution < 1.29 is 32.3 Å². The molecule has 0 saturated heterocycles. The van der Waals surface area contributed by atoms with Crippen LogP contribution in [-0.4, -0.2) is 91.8 Å². The van der Waals surface area contributed by atoms with Gasteiger partial charge in [0.2, 0.25) is 11.8 Å². The summed E-state index contributed by atoms with van der Waals surface area (Å²) in [4.78, 5) is 53.1.